The predicted molar refractivity (Wildman–Crippen MR) is 85.2 cm³/mol. The summed E-state index contributed by atoms with van der Waals surface area (Å²) in [4.78, 5) is 8.52. The van der Waals surface area contributed by atoms with Gasteiger partial charge in [-0.3, -0.25) is 4.57 Å². The molecule has 0 saturated carbocycles. The first-order chi connectivity index (χ1) is 9.50. The Hall–Kier alpha value is -1.88. The van der Waals surface area contributed by atoms with Crippen LogP contribution >= 0.6 is 15.9 Å². The van der Waals surface area contributed by atoms with Crippen molar-refractivity contribution in [3.05, 3.63) is 45.8 Å². The monoisotopic (exact) mass is 330 g/mol. The Labute approximate surface area is 125 Å². The largest absolute Gasteiger partial charge is 0.383 e. The van der Waals surface area contributed by atoms with Gasteiger partial charge >= 0.3 is 0 Å². The van der Waals surface area contributed by atoms with Crippen molar-refractivity contribution in [1.82, 2.24) is 14.5 Å². The number of halogens is 1. The fraction of sp³-hybridized carbons (Fsp3) is 0.200. The van der Waals surface area contributed by atoms with E-state index >= 15 is 0 Å². The topological polar surface area (TPSA) is 56.7 Å². The molecule has 0 fully saturated rings. The van der Waals surface area contributed by atoms with Crippen LogP contribution in [0.5, 0.6) is 0 Å². The first-order valence-electron chi connectivity index (χ1n) is 6.35. The normalized spacial score (nSPS) is 11.2. The van der Waals surface area contributed by atoms with E-state index in [2.05, 4.69) is 63.4 Å². The zero-order valence-electron chi connectivity index (χ0n) is 11.6. The Kier molecular flexibility index (Phi) is 3.01. The number of aryl methyl sites for hydroxylation is 2. The lowest BCUT2D eigenvalue weighted by atomic mass is 10.2. The number of aromatic nitrogens is 3. The Morgan fingerprint density at radius 2 is 1.90 bits per heavy atom. The van der Waals surface area contributed by atoms with Crippen LogP contribution in [0, 0.1) is 20.8 Å². The summed E-state index contributed by atoms with van der Waals surface area (Å²) in [5, 5.41) is 0.937. The molecule has 20 heavy (non-hydrogen) atoms. The molecule has 2 N–H and O–H groups in total. The van der Waals surface area contributed by atoms with E-state index in [0.717, 1.165) is 32.5 Å². The summed E-state index contributed by atoms with van der Waals surface area (Å²) in [5.41, 5.74) is 11.4. The van der Waals surface area contributed by atoms with Gasteiger partial charge in [0.25, 0.3) is 0 Å². The molecule has 2 heterocycles. The lowest BCUT2D eigenvalue weighted by Gasteiger charge is -2.11. The molecule has 0 radical (unpaired) electrons. The van der Waals surface area contributed by atoms with Gasteiger partial charge in [0, 0.05) is 10.2 Å². The third-order valence-corrected chi connectivity index (χ3v) is 4.21. The third kappa shape index (κ3) is 1.81. The molecular formula is C15H15BrN4. The number of hydrogen-bond acceptors (Lipinski definition) is 3. The van der Waals surface area contributed by atoms with Crippen molar-refractivity contribution in [2.45, 2.75) is 20.8 Å². The summed E-state index contributed by atoms with van der Waals surface area (Å²) in [5.74, 6) is 0.532. The minimum absolute atomic E-state index is 0.532. The molecule has 2 aromatic heterocycles. The number of hydrogen-bond donors (Lipinski definition) is 1. The average Bonchev–Trinajstić information content (AvgIpc) is 2.64. The first-order valence-corrected chi connectivity index (χ1v) is 7.14. The average molecular weight is 331 g/mol. The Morgan fingerprint density at radius 1 is 1.15 bits per heavy atom. The van der Waals surface area contributed by atoms with E-state index in [-0.39, 0.29) is 0 Å². The summed E-state index contributed by atoms with van der Waals surface area (Å²) in [6.45, 7) is 6.23. The fourth-order valence-electron chi connectivity index (χ4n) is 2.59. The Bertz CT molecular complexity index is 820. The molecule has 3 rings (SSSR count). The summed E-state index contributed by atoms with van der Waals surface area (Å²) in [6, 6.07) is 6.22. The smallest absolute Gasteiger partial charge is 0.150 e. The molecule has 0 aliphatic rings. The van der Waals surface area contributed by atoms with Crippen molar-refractivity contribution in [2.75, 3.05) is 5.73 Å². The highest BCUT2D eigenvalue weighted by Crippen LogP contribution is 2.31. The second kappa shape index (κ2) is 4.59. The maximum atomic E-state index is 6.01. The van der Waals surface area contributed by atoms with Gasteiger partial charge in [0.2, 0.25) is 0 Å². The summed E-state index contributed by atoms with van der Waals surface area (Å²) in [7, 11) is 0. The third-order valence-electron chi connectivity index (χ3n) is 3.72. The second-order valence-electron chi connectivity index (χ2n) is 4.93. The first kappa shape index (κ1) is 13.1. The van der Waals surface area contributed by atoms with Gasteiger partial charge in [0.15, 0.2) is 5.65 Å². The van der Waals surface area contributed by atoms with E-state index in [0.29, 0.717) is 5.82 Å². The van der Waals surface area contributed by atoms with Crippen LogP contribution in [0.15, 0.2) is 29.0 Å². The van der Waals surface area contributed by atoms with Crippen molar-refractivity contribution in [1.29, 1.82) is 0 Å². The summed E-state index contributed by atoms with van der Waals surface area (Å²) < 4.78 is 3.21. The van der Waals surface area contributed by atoms with E-state index in [9.17, 15) is 0 Å². The number of nitrogen functional groups attached to an aromatic ring is 1. The highest BCUT2D eigenvalue weighted by Gasteiger charge is 2.17. The quantitative estimate of drug-likeness (QED) is 0.740. The summed E-state index contributed by atoms with van der Waals surface area (Å²) >= 11 is 3.50. The molecule has 0 aliphatic heterocycles. The lowest BCUT2D eigenvalue weighted by Crippen LogP contribution is -2.01. The number of rotatable bonds is 1. The van der Waals surface area contributed by atoms with Gasteiger partial charge in [-0.25, -0.2) is 9.97 Å². The minimum atomic E-state index is 0.532. The zero-order valence-corrected chi connectivity index (χ0v) is 13.2. The van der Waals surface area contributed by atoms with Crippen LogP contribution in [0.1, 0.15) is 16.8 Å². The molecule has 0 amide bonds. The van der Waals surface area contributed by atoms with Crippen molar-refractivity contribution >= 4 is 32.8 Å². The van der Waals surface area contributed by atoms with Crippen molar-refractivity contribution < 1.29 is 0 Å². The number of fused-ring (bicyclic) bond motifs is 1. The fourth-order valence-corrected chi connectivity index (χ4v) is 3.07. The van der Waals surface area contributed by atoms with Crippen LogP contribution in [0.3, 0.4) is 0 Å². The van der Waals surface area contributed by atoms with E-state index in [1.54, 1.807) is 0 Å². The number of anilines is 1. The van der Waals surface area contributed by atoms with E-state index in [4.69, 9.17) is 5.73 Å². The minimum Gasteiger partial charge on any atom is -0.383 e. The number of nitrogens with zero attached hydrogens (tertiary/aromatic N) is 3. The van der Waals surface area contributed by atoms with Gasteiger partial charge in [-0.05, 0) is 50.1 Å². The van der Waals surface area contributed by atoms with Gasteiger partial charge in [0.1, 0.15) is 12.1 Å². The van der Waals surface area contributed by atoms with E-state index < -0.39 is 0 Å². The van der Waals surface area contributed by atoms with Gasteiger partial charge in [0.05, 0.1) is 11.1 Å². The van der Waals surface area contributed by atoms with Gasteiger partial charge < -0.3 is 5.73 Å². The van der Waals surface area contributed by atoms with Crippen molar-refractivity contribution in [2.24, 2.45) is 0 Å². The molecule has 4 nitrogen and oxygen atoms in total. The highest BCUT2D eigenvalue weighted by molar-refractivity contribution is 9.10. The number of benzene rings is 1. The molecule has 102 valence electrons. The van der Waals surface area contributed by atoms with Gasteiger partial charge in [-0.1, -0.05) is 15.9 Å². The van der Waals surface area contributed by atoms with E-state index in [1.807, 2.05) is 6.07 Å². The molecule has 3 aromatic rings. The van der Waals surface area contributed by atoms with Crippen LogP contribution in [-0.4, -0.2) is 14.5 Å². The van der Waals surface area contributed by atoms with Crippen LogP contribution in [0.4, 0.5) is 5.82 Å². The number of nitrogens with two attached hydrogens (primary N) is 1. The van der Waals surface area contributed by atoms with Gasteiger partial charge in [-0.2, -0.15) is 0 Å². The van der Waals surface area contributed by atoms with Gasteiger partial charge in [-0.15, -0.1) is 0 Å². The molecule has 0 aliphatic carbocycles. The zero-order chi connectivity index (χ0) is 14.4. The molecule has 0 bridgehead atoms. The maximum absolute atomic E-state index is 6.01. The molecule has 5 heteroatoms. The van der Waals surface area contributed by atoms with Crippen molar-refractivity contribution in [3.8, 4) is 5.69 Å². The van der Waals surface area contributed by atoms with Crippen LogP contribution < -0.4 is 5.73 Å². The van der Waals surface area contributed by atoms with Crippen LogP contribution in [0.2, 0.25) is 0 Å². The molecule has 0 atom stereocenters. The Morgan fingerprint density at radius 3 is 2.60 bits per heavy atom. The maximum Gasteiger partial charge on any atom is 0.150 e. The van der Waals surface area contributed by atoms with Crippen molar-refractivity contribution in [3.63, 3.8) is 0 Å². The molecule has 0 saturated heterocycles. The summed E-state index contributed by atoms with van der Waals surface area (Å²) in [6.07, 6.45) is 1.52. The highest BCUT2D eigenvalue weighted by atomic mass is 79.9. The van der Waals surface area contributed by atoms with Crippen LogP contribution in [0.25, 0.3) is 16.7 Å². The van der Waals surface area contributed by atoms with E-state index in [1.165, 1.54) is 11.9 Å². The molecule has 0 unspecified atom stereocenters. The Balaban J connectivity index is 2.42. The standard InChI is InChI=1S/C15H15BrN4/c1-8-6-11(16)4-5-12(8)20-10(3)9(2)13-14(17)18-7-19-15(13)20/h4-7H,1-3H3,(H2,17,18,19). The second-order valence-corrected chi connectivity index (χ2v) is 5.85. The SMILES string of the molecule is Cc1cc(Br)ccc1-n1c(C)c(C)c2c(N)ncnc21. The molecule has 0 spiro atoms. The molecular weight excluding hydrogens is 316 g/mol. The predicted octanol–water partition coefficient (Wildman–Crippen LogP) is 3.69. The molecule has 1 aromatic carbocycles. The lowest BCUT2D eigenvalue weighted by molar-refractivity contribution is 1.00. The van der Waals surface area contributed by atoms with Crippen LogP contribution in [-0.2, 0) is 0 Å².